The van der Waals surface area contributed by atoms with Crippen molar-refractivity contribution in [2.45, 2.75) is 13.5 Å². The summed E-state index contributed by atoms with van der Waals surface area (Å²) in [7, 11) is 1.70. The van der Waals surface area contributed by atoms with Crippen molar-refractivity contribution >= 4 is 12.0 Å². The molecule has 6 nitrogen and oxygen atoms in total. The van der Waals surface area contributed by atoms with Crippen LogP contribution in [0.3, 0.4) is 0 Å². The molecule has 1 aromatic heterocycles. The number of amides is 2. The van der Waals surface area contributed by atoms with Gasteiger partial charge in [-0.25, -0.2) is 4.79 Å². The predicted octanol–water partition coefficient (Wildman–Crippen LogP) is 1.29. The first-order valence-electron chi connectivity index (χ1n) is 6.61. The second kappa shape index (κ2) is 5.90. The molecule has 1 aliphatic rings. The molecule has 0 radical (unpaired) electrons. The zero-order chi connectivity index (χ0) is 14.7. The van der Waals surface area contributed by atoms with Crippen LogP contribution in [0.4, 0.5) is 4.79 Å². The SMILES string of the molecule is C[C@@H]1CN(C(=O)N(C)Cc2ccccn2)C[C@H]1C(=O)O. The third-order valence-corrected chi connectivity index (χ3v) is 3.65. The Morgan fingerprint density at radius 2 is 2.20 bits per heavy atom. The number of rotatable bonds is 3. The zero-order valence-corrected chi connectivity index (χ0v) is 11.7. The van der Waals surface area contributed by atoms with Gasteiger partial charge in [0.25, 0.3) is 0 Å². The summed E-state index contributed by atoms with van der Waals surface area (Å²) in [5.74, 6) is -1.32. The zero-order valence-electron chi connectivity index (χ0n) is 11.7. The van der Waals surface area contributed by atoms with E-state index in [1.165, 1.54) is 0 Å². The Morgan fingerprint density at radius 3 is 2.75 bits per heavy atom. The van der Waals surface area contributed by atoms with Gasteiger partial charge in [-0.15, -0.1) is 0 Å². The molecule has 0 saturated carbocycles. The number of likely N-dealkylation sites (tertiary alicyclic amines) is 1. The van der Waals surface area contributed by atoms with E-state index in [2.05, 4.69) is 4.98 Å². The Hall–Kier alpha value is -2.11. The highest BCUT2D eigenvalue weighted by atomic mass is 16.4. The molecular formula is C14H19N3O3. The molecule has 0 bridgehead atoms. The fourth-order valence-electron chi connectivity index (χ4n) is 2.49. The molecule has 1 aromatic rings. The van der Waals surface area contributed by atoms with Crippen LogP contribution in [0.15, 0.2) is 24.4 Å². The van der Waals surface area contributed by atoms with Crippen LogP contribution in [0.2, 0.25) is 0 Å². The maximum atomic E-state index is 12.3. The monoisotopic (exact) mass is 277 g/mol. The van der Waals surface area contributed by atoms with Crippen molar-refractivity contribution in [2.75, 3.05) is 20.1 Å². The largest absolute Gasteiger partial charge is 0.481 e. The molecule has 0 spiro atoms. The molecule has 1 fully saturated rings. The van der Waals surface area contributed by atoms with Gasteiger partial charge in [-0.05, 0) is 18.1 Å². The first kappa shape index (κ1) is 14.3. The van der Waals surface area contributed by atoms with Crippen molar-refractivity contribution in [3.8, 4) is 0 Å². The van der Waals surface area contributed by atoms with Gasteiger partial charge in [-0.3, -0.25) is 9.78 Å². The van der Waals surface area contributed by atoms with Crippen LogP contribution in [0.5, 0.6) is 0 Å². The molecule has 20 heavy (non-hydrogen) atoms. The number of urea groups is 1. The van der Waals surface area contributed by atoms with Gasteiger partial charge in [0.1, 0.15) is 0 Å². The van der Waals surface area contributed by atoms with Crippen molar-refractivity contribution in [2.24, 2.45) is 11.8 Å². The lowest BCUT2D eigenvalue weighted by Gasteiger charge is -2.24. The number of hydrogen-bond donors (Lipinski definition) is 1. The highest BCUT2D eigenvalue weighted by Gasteiger charge is 2.37. The molecular weight excluding hydrogens is 258 g/mol. The van der Waals surface area contributed by atoms with Gasteiger partial charge in [0.2, 0.25) is 0 Å². The van der Waals surface area contributed by atoms with E-state index in [1.54, 1.807) is 23.0 Å². The van der Waals surface area contributed by atoms with Gasteiger partial charge in [0.15, 0.2) is 0 Å². The average Bonchev–Trinajstić information content (AvgIpc) is 2.81. The number of pyridine rings is 1. The van der Waals surface area contributed by atoms with Crippen LogP contribution in [0, 0.1) is 11.8 Å². The second-order valence-electron chi connectivity index (χ2n) is 5.29. The molecule has 0 aromatic carbocycles. The van der Waals surface area contributed by atoms with Crippen LogP contribution in [-0.2, 0) is 11.3 Å². The Balaban J connectivity index is 1.96. The molecule has 108 valence electrons. The molecule has 1 aliphatic heterocycles. The maximum absolute atomic E-state index is 12.3. The minimum absolute atomic E-state index is 0.0142. The number of carbonyl (C=O) groups is 2. The summed E-state index contributed by atoms with van der Waals surface area (Å²) >= 11 is 0. The van der Waals surface area contributed by atoms with Crippen molar-refractivity contribution in [1.82, 2.24) is 14.8 Å². The topological polar surface area (TPSA) is 73.7 Å². The van der Waals surface area contributed by atoms with E-state index in [0.717, 1.165) is 5.69 Å². The molecule has 1 saturated heterocycles. The number of aliphatic carboxylic acids is 1. The van der Waals surface area contributed by atoms with Crippen LogP contribution in [0.1, 0.15) is 12.6 Å². The highest BCUT2D eigenvalue weighted by Crippen LogP contribution is 2.24. The number of nitrogens with zero attached hydrogens (tertiary/aromatic N) is 3. The standard InChI is InChI=1S/C14H19N3O3/c1-10-7-17(9-12(10)13(18)19)14(20)16(2)8-11-5-3-4-6-15-11/h3-6,10,12H,7-9H2,1-2H3,(H,18,19)/t10-,12-/m1/s1. The quantitative estimate of drug-likeness (QED) is 0.903. The summed E-state index contributed by atoms with van der Waals surface area (Å²) in [6.45, 7) is 3.05. The van der Waals surface area contributed by atoms with Gasteiger partial charge >= 0.3 is 12.0 Å². The fourth-order valence-corrected chi connectivity index (χ4v) is 2.49. The fraction of sp³-hybridized carbons (Fsp3) is 0.500. The Kier molecular flexibility index (Phi) is 4.22. The summed E-state index contributed by atoms with van der Waals surface area (Å²) in [4.78, 5) is 30.7. The van der Waals surface area contributed by atoms with Crippen LogP contribution in [-0.4, -0.2) is 52.0 Å². The first-order valence-corrected chi connectivity index (χ1v) is 6.61. The Labute approximate surface area is 118 Å². The molecule has 0 aliphatic carbocycles. The maximum Gasteiger partial charge on any atom is 0.320 e. The van der Waals surface area contributed by atoms with Crippen molar-refractivity contribution in [3.05, 3.63) is 30.1 Å². The van der Waals surface area contributed by atoms with E-state index < -0.39 is 11.9 Å². The third-order valence-electron chi connectivity index (χ3n) is 3.65. The van der Waals surface area contributed by atoms with E-state index in [4.69, 9.17) is 5.11 Å². The smallest absolute Gasteiger partial charge is 0.320 e. The molecule has 2 atom stereocenters. The lowest BCUT2D eigenvalue weighted by molar-refractivity contribution is -0.142. The minimum Gasteiger partial charge on any atom is -0.481 e. The molecule has 6 heteroatoms. The van der Waals surface area contributed by atoms with Crippen LogP contribution in [0.25, 0.3) is 0 Å². The van der Waals surface area contributed by atoms with E-state index >= 15 is 0 Å². The number of carbonyl (C=O) groups excluding carboxylic acids is 1. The Morgan fingerprint density at radius 1 is 1.45 bits per heavy atom. The summed E-state index contributed by atoms with van der Waals surface area (Å²) in [6.07, 6.45) is 1.69. The lowest BCUT2D eigenvalue weighted by Crippen LogP contribution is -2.40. The molecule has 1 N–H and O–H groups in total. The number of hydrogen-bond acceptors (Lipinski definition) is 3. The molecule has 2 rings (SSSR count). The van der Waals surface area contributed by atoms with Gasteiger partial charge in [-0.1, -0.05) is 13.0 Å². The molecule has 2 heterocycles. The Bertz CT molecular complexity index is 492. The van der Waals surface area contributed by atoms with Crippen molar-refractivity contribution in [1.29, 1.82) is 0 Å². The van der Waals surface area contributed by atoms with Gasteiger partial charge in [0, 0.05) is 26.3 Å². The van der Waals surface area contributed by atoms with Crippen molar-refractivity contribution < 1.29 is 14.7 Å². The summed E-state index contributed by atoms with van der Waals surface area (Å²) < 4.78 is 0. The van der Waals surface area contributed by atoms with Crippen LogP contribution >= 0.6 is 0 Å². The van der Waals surface area contributed by atoms with Gasteiger partial charge in [-0.2, -0.15) is 0 Å². The molecule has 0 unspecified atom stereocenters. The van der Waals surface area contributed by atoms with Gasteiger partial charge < -0.3 is 14.9 Å². The lowest BCUT2D eigenvalue weighted by atomic mass is 9.99. The van der Waals surface area contributed by atoms with E-state index in [-0.39, 0.29) is 18.5 Å². The summed E-state index contributed by atoms with van der Waals surface area (Å²) in [5.41, 5.74) is 0.811. The average molecular weight is 277 g/mol. The summed E-state index contributed by atoms with van der Waals surface area (Å²) in [5, 5.41) is 9.10. The van der Waals surface area contributed by atoms with E-state index in [9.17, 15) is 9.59 Å². The molecule has 2 amide bonds. The highest BCUT2D eigenvalue weighted by molar-refractivity contribution is 5.77. The van der Waals surface area contributed by atoms with Crippen molar-refractivity contribution in [3.63, 3.8) is 0 Å². The van der Waals surface area contributed by atoms with E-state index in [1.807, 2.05) is 25.1 Å². The normalized spacial score (nSPS) is 21.8. The number of carboxylic acids is 1. The summed E-state index contributed by atoms with van der Waals surface area (Å²) in [6, 6.07) is 5.41. The van der Waals surface area contributed by atoms with E-state index in [0.29, 0.717) is 13.1 Å². The first-order chi connectivity index (χ1) is 9.49. The van der Waals surface area contributed by atoms with Crippen LogP contribution < -0.4 is 0 Å². The second-order valence-corrected chi connectivity index (χ2v) is 5.29. The number of aromatic nitrogens is 1. The third kappa shape index (κ3) is 3.07. The minimum atomic E-state index is -0.833. The predicted molar refractivity (Wildman–Crippen MR) is 73.0 cm³/mol. The van der Waals surface area contributed by atoms with Gasteiger partial charge in [0.05, 0.1) is 18.2 Å². The number of carboxylic acid groups (broad SMARTS) is 1.